The van der Waals surface area contributed by atoms with Crippen molar-refractivity contribution >= 4 is 17.7 Å². The standard InChI is InChI=1S/C18H19NO2S/c1-13-7-9-15(10-8-13)18-19(17(21)12-22-18)11-16(20)14-5-3-2-4-6-14/h2-10,16,18,20H,11-12H2,1H3. The summed E-state index contributed by atoms with van der Waals surface area (Å²) in [6.07, 6.45) is -0.656. The summed E-state index contributed by atoms with van der Waals surface area (Å²) in [6, 6.07) is 17.7. The van der Waals surface area contributed by atoms with E-state index in [9.17, 15) is 9.90 Å². The largest absolute Gasteiger partial charge is 0.387 e. The monoisotopic (exact) mass is 313 g/mol. The maximum absolute atomic E-state index is 12.2. The van der Waals surface area contributed by atoms with E-state index in [1.165, 1.54) is 5.56 Å². The predicted molar refractivity (Wildman–Crippen MR) is 89.5 cm³/mol. The number of β-amino-alcohol motifs (C(OH)–C–C–N with tert-alkyl or cyclic N) is 1. The van der Waals surface area contributed by atoms with Gasteiger partial charge in [0.1, 0.15) is 5.37 Å². The molecule has 1 amide bonds. The molecule has 1 N–H and O–H groups in total. The van der Waals surface area contributed by atoms with Crippen molar-refractivity contribution in [1.82, 2.24) is 4.90 Å². The van der Waals surface area contributed by atoms with E-state index in [1.807, 2.05) is 37.3 Å². The molecule has 0 saturated carbocycles. The van der Waals surface area contributed by atoms with Crippen molar-refractivity contribution in [1.29, 1.82) is 0 Å². The minimum absolute atomic E-state index is 0.00791. The van der Waals surface area contributed by atoms with Gasteiger partial charge in [-0.3, -0.25) is 4.79 Å². The Bertz CT molecular complexity index is 642. The van der Waals surface area contributed by atoms with E-state index in [-0.39, 0.29) is 11.3 Å². The molecule has 4 heteroatoms. The van der Waals surface area contributed by atoms with E-state index in [0.717, 1.165) is 11.1 Å². The second-order valence-corrected chi connectivity index (χ2v) is 6.62. The molecular weight excluding hydrogens is 294 g/mol. The van der Waals surface area contributed by atoms with E-state index in [4.69, 9.17) is 0 Å². The third-order valence-corrected chi connectivity index (χ3v) is 5.14. The molecule has 22 heavy (non-hydrogen) atoms. The Labute approximate surface area is 135 Å². The van der Waals surface area contributed by atoms with Crippen molar-refractivity contribution in [3.63, 3.8) is 0 Å². The van der Waals surface area contributed by atoms with Gasteiger partial charge in [-0.25, -0.2) is 0 Å². The molecule has 0 aliphatic carbocycles. The summed E-state index contributed by atoms with van der Waals surface area (Å²) in [5.74, 6) is 0.561. The van der Waals surface area contributed by atoms with Crippen molar-refractivity contribution in [3.8, 4) is 0 Å². The van der Waals surface area contributed by atoms with Crippen LogP contribution >= 0.6 is 11.8 Å². The number of aliphatic hydroxyl groups excluding tert-OH is 1. The quantitative estimate of drug-likeness (QED) is 0.941. The number of thioether (sulfide) groups is 1. The molecule has 2 aromatic carbocycles. The summed E-state index contributed by atoms with van der Waals surface area (Å²) in [7, 11) is 0. The summed E-state index contributed by atoms with van der Waals surface area (Å²) in [4.78, 5) is 14.0. The van der Waals surface area contributed by atoms with Gasteiger partial charge in [0.25, 0.3) is 0 Å². The number of hydrogen-bond acceptors (Lipinski definition) is 3. The van der Waals surface area contributed by atoms with Gasteiger partial charge in [-0.2, -0.15) is 0 Å². The van der Waals surface area contributed by atoms with Crippen LogP contribution in [0, 0.1) is 6.92 Å². The average molecular weight is 313 g/mol. The number of rotatable bonds is 4. The van der Waals surface area contributed by atoms with Crippen LogP contribution in [0.1, 0.15) is 28.2 Å². The Morgan fingerprint density at radius 1 is 1.18 bits per heavy atom. The van der Waals surface area contributed by atoms with Crippen LogP contribution in [0.2, 0.25) is 0 Å². The Morgan fingerprint density at radius 2 is 1.86 bits per heavy atom. The number of benzene rings is 2. The summed E-state index contributed by atoms with van der Waals surface area (Å²) in [6.45, 7) is 2.38. The van der Waals surface area contributed by atoms with Crippen molar-refractivity contribution in [2.75, 3.05) is 12.3 Å². The molecule has 1 aliphatic heterocycles. The molecular formula is C18H19NO2S. The van der Waals surface area contributed by atoms with Gasteiger partial charge in [-0.15, -0.1) is 11.8 Å². The van der Waals surface area contributed by atoms with Gasteiger partial charge in [-0.05, 0) is 18.1 Å². The van der Waals surface area contributed by atoms with Crippen LogP contribution < -0.4 is 0 Å². The topological polar surface area (TPSA) is 40.5 Å². The molecule has 1 fully saturated rings. The zero-order valence-corrected chi connectivity index (χ0v) is 13.3. The summed E-state index contributed by atoms with van der Waals surface area (Å²) in [5, 5.41) is 10.4. The Balaban J connectivity index is 1.78. The third-order valence-electron chi connectivity index (χ3n) is 3.88. The molecule has 3 rings (SSSR count). The number of aliphatic hydroxyl groups is 1. The van der Waals surface area contributed by atoms with Gasteiger partial charge in [0.05, 0.1) is 18.4 Å². The van der Waals surface area contributed by atoms with Crippen LogP contribution in [0.15, 0.2) is 54.6 Å². The third kappa shape index (κ3) is 3.18. The van der Waals surface area contributed by atoms with Crippen LogP contribution in [0.4, 0.5) is 0 Å². The summed E-state index contributed by atoms with van der Waals surface area (Å²) >= 11 is 1.62. The van der Waals surface area contributed by atoms with Gasteiger partial charge in [0, 0.05) is 0 Å². The number of carbonyl (C=O) groups is 1. The zero-order chi connectivity index (χ0) is 15.5. The number of nitrogens with zero attached hydrogens (tertiary/aromatic N) is 1. The van der Waals surface area contributed by atoms with Crippen LogP contribution in [-0.4, -0.2) is 28.2 Å². The first kappa shape index (κ1) is 15.1. The molecule has 0 radical (unpaired) electrons. The van der Waals surface area contributed by atoms with Crippen LogP contribution in [0.3, 0.4) is 0 Å². The van der Waals surface area contributed by atoms with Gasteiger partial charge >= 0.3 is 0 Å². The number of aryl methyl sites for hydroxylation is 1. The average Bonchev–Trinajstić information content (AvgIpc) is 2.90. The molecule has 1 aliphatic rings. The highest BCUT2D eigenvalue weighted by Gasteiger charge is 2.34. The van der Waals surface area contributed by atoms with Crippen LogP contribution in [0.25, 0.3) is 0 Å². The number of amides is 1. The van der Waals surface area contributed by atoms with Gasteiger partial charge < -0.3 is 10.0 Å². The number of carbonyl (C=O) groups excluding carboxylic acids is 1. The highest BCUT2D eigenvalue weighted by Crippen LogP contribution is 2.39. The molecule has 2 aromatic rings. The SMILES string of the molecule is Cc1ccc(C2SCC(=O)N2CC(O)c2ccccc2)cc1. The van der Waals surface area contributed by atoms with Crippen molar-refractivity contribution in [3.05, 3.63) is 71.3 Å². The van der Waals surface area contributed by atoms with E-state index >= 15 is 0 Å². The van der Waals surface area contributed by atoms with Gasteiger partial charge in [0.2, 0.25) is 5.91 Å². The molecule has 3 nitrogen and oxygen atoms in total. The zero-order valence-electron chi connectivity index (χ0n) is 12.5. The fourth-order valence-corrected chi connectivity index (χ4v) is 3.83. The van der Waals surface area contributed by atoms with Gasteiger partial charge in [-0.1, -0.05) is 60.2 Å². The summed E-state index contributed by atoms with van der Waals surface area (Å²) in [5.41, 5.74) is 3.16. The molecule has 0 aromatic heterocycles. The highest BCUT2D eigenvalue weighted by molar-refractivity contribution is 8.00. The second-order valence-electron chi connectivity index (χ2n) is 5.55. The molecule has 0 bridgehead atoms. The molecule has 114 valence electrons. The highest BCUT2D eigenvalue weighted by atomic mass is 32.2. The van der Waals surface area contributed by atoms with E-state index < -0.39 is 6.10 Å². The number of hydrogen-bond donors (Lipinski definition) is 1. The fourth-order valence-electron chi connectivity index (χ4n) is 2.63. The smallest absolute Gasteiger partial charge is 0.233 e. The Hall–Kier alpha value is -1.78. The van der Waals surface area contributed by atoms with Crippen LogP contribution in [-0.2, 0) is 4.79 Å². The van der Waals surface area contributed by atoms with E-state index in [2.05, 4.69) is 24.3 Å². The molecule has 1 saturated heterocycles. The maximum Gasteiger partial charge on any atom is 0.233 e. The van der Waals surface area contributed by atoms with Crippen LogP contribution in [0.5, 0.6) is 0 Å². The first-order chi connectivity index (χ1) is 10.6. The predicted octanol–water partition coefficient (Wildman–Crippen LogP) is 3.30. The van der Waals surface area contributed by atoms with E-state index in [0.29, 0.717) is 12.3 Å². The lowest BCUT2D eigenvalue weighted by atomic mass is 10.1. The van der Waals surface area contributed by atoms with Gasteiger partial charge in [0.15, 0.2) is 0 Å². The Kier molecular flexibility index (Phi) is 4.50. The normalized spacial score (nSPS) is 19.5. The lowest BCUT2D eigenvalue weighted by molar-refractivity contribution is -0.129. The molecule has 1 heterocycles. The minimum Gasteiger partial charge on any atom is -0.387 e. The second kappa shape index (κ2) is 6.55. The summed E-state index contributed by atoms with van der Waals surface area (Å²) < 4.78 is 0. The van der Waals surface area contributed by atoms with Crippen molar-refractivity contribution in [2.24, 2.45) is 0 Å². The Morgan fingerprint density at radius 3 is 2.55 bits per heavy atom. The lowest BCUT2D eigenvalue weighted by Gasteiger charge is -2.27. The minimum atomic E-state index is -0.656. The lowest BCUT2D eigenvalue weighted by Crippen LogP contribution is -2.32. The van der Waals surface area contributed by atoms with E-state index in [1.54, 1.807) is 16.7 Å². The van der Waals surface area contributed by atoms with Crippen molar-refractivity contribution < 1.29 is 9.90 Å². The molecule has 2 atom stereocenters. The first-order valence-electron chi connectivity index (χ1n) is 7.36. The first-order valence-corrected chi connectivity index (χ1v) is 8.40. The molecule has 0 spiro atoms. The fraction of sp³-hybridized carbons (Fsp3) is 0.278. The maximum atomic E-state index is 12.2. The molecule has 2 unspecified atom stereocenters. The van der Waals surface area contributed by atoms with Crippen molar-refractivity contribution in [2.45, 2.75) is 18.4 Å².